The van der Waals surface area contributed by atoms with Gasteiger partial charge in [0.1, 0.15) is 17.2 Å². The van der Waals surface area contributed by atoms with Gasteiger partial charge in [0.25, 0.3) is 0 Å². The van der Waals surface area contributed by atoms with Crippen LogP contribution in [0.2, 0.25) is 0 Å². The van der Waals surface area contributed by atoms with Crippen LogP contribution < -0.4 is 10.1 Å². The first-order valence-electron chi connectivity index (χ1n) is 8.73. The second-order valence-electron chi connectivity index (χ2n) is 6.79. The third-order valence-electron chi connectivity index (χ3n) is 5.23. The van der Waals surface area contributed by atoms with Gasteiger partial charge in [0.2, 0.25) is 0 Å². The fourth-order valence-electron chi connectivity index (χ4n) is 3.68. The molecule has 0 atom stereocenters. The van der Waals surface area contributed by atoms with Crippen LogP contribution in [-0.2, 0) is 6.42 Å². The van der Waals surface area contributed by atoms with Crippen LogP contribution in [0, 0.1) is 5.82 Å². The lowest BCUT2D eigenvalue weighted by molar-refractivity contribution is -0.00435. The number of nitrogens with one attached hydrogen (secondary N) is 1. The summed E-state index contributed by atoms with van der Waals surface area (Å²) in [7, 11) is 0. The van der Waals surface area contributed by atoms with Crippen molar-refractivity contribution >= 4 is 11.7 Å². The van der Waals surface area contributed by atoms with Crippen LogP contribution in [0.4, 0.5) is 14.9 Å². The Hall–Kier alpha value is -2.56. The monoisotopic (exact) mass is 340 g/mol. The van der Waals surface area contributed by atoms with Crippen LogP contribution in [0.1, 0.15) is 24.8 Å². The predicted molar refractivity (Wildman–Crippen MR) is 94.3 cm³/mol. The Morgan fingerprint density at radius 2 is 1.76 bits per heavy atom. The Bertz CT molecular complexity index is 785. The second kappa shape index (κ2) is 6.39. The lowest BCUT2D eigenvalue weighted by Gasteiger charge is -2.44. The quantitative estimate of drug-likeness (QED) is 0.844. The van der Waals surface area contributed by atoms with Crippen LogP contribution in [0.25, 0.3) is 0 Å². The van der Waals surface area contributed by atoms with E-state index in [4.69, 9.17) is 4.74 Å². The van der Waals surface area contributed by atoms with Crippen molar-refractivity contribution in [1.82, 2.24) is 4.90 Å². The molecule has 0 saturated carbocycles. The van der Waals surface area contributed by atoms with Gasteiger partial charge in [-0.25, -0.2) is 9.18 Å². The maximum Gasteiger partial charge on any atom is 0.321 e. The SMILES string of the molecule is O=C(Nc1ccccc1F)N1CCC2(CCc3ccccc3O2)CC1. The zero-order chi connectivity index (χ0) is 17.3. The Kier molecular flexibility index (Phi) is 4.07. The van der Waals surface area contributed by atoms with E-state index in [9.17, 15) is 9.18 Å². The van der Waals surface area contributed by atoms with Gasteiger partial charge in [-0.3, -0.25) is 0 Å². The van der Waals surface area contributed by atoms with Gasteiger partial charge >= 0.3 is 6.03 Å². The van der Waals surface area contributed by atoms with Gasteiger partial charge in [0, 0.05) is 25.9 Å². The fraction of sp³-hybridized carbons (Fsp3) is 0.350. The average Bonchev–Trinajstić information content (AvgIpc) is 2.64. The first-order valence-corrected chi connectivity index (χ1v) is 8.73. The summed E-state index contributed by atoms with van der Waals surface area (Å²) in [5.41, 5.74) is 1.30. The molecule has 2 heterocycles. The minimum absolute atomic E-state index is 0.177. The van der Waals surface area contributed by atoms with Crippen LogP contribution in [0.15, 0.2) is 48.5 Å². The highest BCUT2D eigenvalue weighted by molar-refractivity contribution is 5.89. The number of piperidine rings is 1. The lowest BCUT2D eigenvalue weighted by Crippen LogP contribution is -2.52. The number of urea groups is 1. The van der Waals surface area contributed by atoms with Crippen LogP contribution >= 0.6 is 0 Å². The molecule has 0 unspecified atom stereocenters. The smallest absolute Gasteiger partial charge is 0.321 e. The largest absolute Gasteiger partial charge is 0.487 e. The molecule has 2 amide bonds. The number of hydrogen-bond donors (Lipinski definition) is 1. The van der Waals surface area contributed by atoms with Gasteiger partial charge in [0.15, 0.2) is 0 Å². The number of fused-ring (bicyclic) bond motifs is 1. The molecule has 1 fully saturated rings. The molecule has 130 valence electrons. The van der Waals surface area contributed by atoms with Gasteiger partial charge in [-0.05, 0) is 36.6 Å². The number of carbonyl (C=O) groups is 1. The van der Waals surface area contributed by atoms with E-state index < -0.39 is 5.82 Å². The first kappa shape index (κ1) is 15.9. The molecule has 2 aliphatic heterocycles. The van der Waals surface area contributed by atoms with Gasteiger partial charge < -0.3 is 15.0 Å². The van der Waals surface area contributed by atoms with E-state index in [0.29, 0.717) is 13.1 Å². The summed E-state index contributed by atoms with van der Waals surface area (Å²) < 4.78 is 20.0. The van der Waals surface area contributed by atoms with Gasteiger partial charge in [-0.2, -0.15) is 0 Å². The highest BCUT2D eigenvalue weighted by Gasteiger charge is 2.40. The van der Waals surface area contributed by atoms with E-state index >= 15 is 0 Å². The second-order valence-corrected chi connectivity index (χ2v) is 6.79. The molecular weight excluding hydrogens is 319 g/mol. The summed E-state index contributed by atoms with van der Waals surface area (Å²) >= 11 is 0. The van der Waals surface area contributed by atoms with E-state index in [0.717, 1.165) is 31.4 Å². The van der Waals surface area contributed by atoms with Crippen molar-refractivity contribution in [1.29, 1.82) is 0 Å². The number of aryl methyl sites for hydroxylation is 1. The number of nitrogens with zero attached hydrogens (tertiary/aromatic N) is 1. The normalized spacial score (nSPS) is 18.4. The molecule has 1 N–H and O–H groups in total. The zero-order valence-corrected chi connectivity index (χ0v) is 14.0. The molecule has 2 aliphatic rings. The number of rotatable bonds is 1. The van der Waals surface area contributed by atoms with Crippen molar-refractivity contribution in [3.63, 3.8) is 0 Å². The number of benzene rings is 2. The summed E-state index contributed by atoms with van der Waals surface area (Å²) in [5.74, 6) is 0.551. The van der Waals surface area contributed by atoms with Gasteiger partial charge in [-0.15, -0.1) is 0 Å². The average molecular weight is 340 g/mol. The highest BCUT2D eigenvalue weighted by Crippen LogP contribution is 2.39. The summed E-state index contributed by atoms with van der Waals surface area (Å²) in [6.07, 6.45) is 3.59. The van der Waals surface area contributed by atoms with Crippen LogP contribution in [0.3, 0.4) is 0 Å². The molecule has 2 aromatic carbocycles. The van der Waals surface area contributed by atoms with Gasteiger partial charge in [-0.1, -0.05) is 30.3 Å². The molecule has 0 aromatic heterocycles. The van der Waals surface area contributed by atoms with Gasteiger partial charge in [0.05, 0.1) is 5.69 Å². The molecule has 1 saturated heterocycles. The number of carbonyl (C=O) groups excluding carboxylic acids is 1. The minimum atomic E-state index is -0.420. The molecule has 5 heteroatoms. The number of likely N-dealkylation sites (tertiary alicyclic amines) is 1. The summed E-state index contributed by atoms with van der Waals surface area (Å²) in [6.45, 7) is 1.23. The standard InChI is InChI=1S/C20H21FN2O2/c21-16-6-2-3-7-17(16)22-19(24)23-13-11-20(12-14-23)10-9-15-5-1-4-8-18(15)25-20/h1-8H,9-14H2,(H,22,24). The topological polar surface area (TPSA) is 41.6 Å². The molecule has 4 rings (SSSR count). The summed E-state index contributed by atoms with van der Waals surface area (Å²) in [4.78, 5) is 14.1. The zero-order valence-electron chi connectivity index (χ0n) is 14.0. The number of anilines is 1. The molecule has 0 aliphatic carbocycles. The molecular formula is C20H21FN2O2. The number of halogens is 1. The number of ether oxygens (including phenoxy) is 1. The van der Waals surface area contributed by atoms with E-state index in [1.54, 1.807) is 23.1 Å². The molecule has 0 radical (unpaired) electrons. The number of amides is 2. The van der Waals surface area contributed by atoms with Crippen molar-refractivity contribution in [3.8, 4) is 5.75 Å². The minimum Gasteiger partial charge on any atom is -0.487 e. The van der Waals surface area contributed by atoms with Crippen LogP contribution in [0.5, 0.6) is 5.75 Å². The fourth-order valence-corrected chi connectivity index (χ4v) is 3.68. The Labute approximate surface area is 146 Å². The van der Waals surface area contributed by atoms with E-state index in [1.807, 2.05) is 18.2 Å². The first-order chi connectivity index (χ1) is 12.2. The van der Waals surface area contributed by atoms with Crippen molar-refractivity contribution in [2.45, 2.75) is 31.3 Å². The van der Waals surface area contributed by atoms with Crippen LogP contribution in [-0.4, -0.2) is 29.6 Å². The van der Waals surface area contributed by atoms with Crippen molar-refractivity contribution in [2.75, 3.05) is 18.4 Å². The number of para-hydroxylation sites is 2. The van der Waals surface area contributed by atoms with Crippen molar-refractivity contribution in [2.24, 2.45) is 0 Å². The van der Waals surface area contributed by atoms with Crippen molar-refractivity contribution in [3.05, 3.63) is 59.9 Å². The summed E-state index contributed by atoms with van der Waals surface area (Å²) in [6, 6.07) is 14.1. The molecule has 2 aromatic rings. The number of hydrogen-bond acceptors (Lipinski definition) is 2. The third kappa shape index (κ3) is 3.18. The van der Waals surface area contributed by atoms with E-state index in [2.05, 4.69) is 11.4 Å². The maximum absolute atomic E-state index is 13.7. The summed E-state index contributed by atoms with van der Waals surface area (Å²) in [5, 5.41) is 2.66. The third-order valence-corrected chi connectivity index (χ3v) is 5.23. The molecule has 4 nitrogen and oxygen atoms in total. The molecule has 25 heavy (non-hydrogen) atoms. The molecule has 1 spiro atoms. The Morgan fingerprint density at radius 1 is 1.04 bits per heavy atom. The maximum atomic E-state index is 13.7. The van der Waals surface area contributed by atoms with E-state index in [-0.39, 0.29) is 17.3 Å². The predicted octanol–water partition coefficient (Wildman–Crippen LogP) is 4.22. The van der Waals surface area contributed by atoms with E-state index in [1.165, 1.54) is 11.6 Å². The Balaban J connectivity index is 1.39. The highest BCUT2D eigenvalue weighted by atomic mass is 19.1. The Morgan fingerprint density at radius 3 is 2.56 bits per heavy atom. The lowest BCUT2D eigenvalue weighted by atomic mass is 9.83. The molecule has 0 bridgehead atoms. The van der Waals surface area contributed by atoms with Crippen molar-refractivity contribution < 1.29 is 13.9 Å².